The highest BCUT2D eigenvalue weighted by Gasteiger charge is 2.38. The van der Waals surface area contributed by atoms with Crippen molar-refractivity contribution in [3.8, 4) is 0 Å². The first-order valence-electron chi connectivity index (χ1n) is 6.22. The third kappa shape index (κ3) is 2.89. The summed E-state index contributed by atoms with van der Waals surface area (Å²) in [6, 6.07) is 0. The van der Waals surface area contributed by atoms with Crippen LogP contribution in [0.2, 0.25) is 0 Å². The number of amides is 1. The normalized spacial score (nSPS) is 30.9. The molecule has 7 heteroatoms. The monoisotopic (exact) mass is 274 g/mol. The smallest absolute Gasteiger partial charge is 0.307 e. The summed E-state index contributed by atoms with van der Waals surface area (Å²) in [6.07, 6.45) is 1.79. The molecule has 6 nitrogen and oxygen atoms in total. The summed E-state index contributed by atoms with van der Waals surface area (Å²) in [5, 5.41) is 12.1. The van der Waals surface area contributed by atoms with Crippen molar-refractivity contribution < 1.29 is 18.9 Å². The van der Waals surface area contributed by atoms with Gasteiger partial charge in [0, 0.05) is 24.6 Å². The number of hydrogen-bond donors (Lipinski definition) is 2. The predicted octanol–water partition coefficient (Wildman–Crippen LogP) is 0.0851. The number of nitrogens with one attached hydrogen (secondary N) is 1. The Kier molecular flexibility index (Phi) is 4.01. The molecule has 2 N–H and O–H groups in total. The van der Waals surface area contributed by atoms with Gasteiger partial charge in [0.25, 0.3) is 5.91 Å². The number of rotatable bonds is 2. The van der Waals surface area contributed by atoms with Gasteiger partial charge in [0.05, 0.1) is 21.6 Å². The van der Waals surface area contributed by atoms with Crippen LogP contribution < -0.4 is 5.32 Å². The predicted molar refractivity (Wildman–Crippen MR) is 66.6 cm³/mol. The molecule has 2 aliphatic rings. The van der Waals surface area contributed by atoms with Gasteiger partial charge in [-0.1, -0.05) is 6.42 Å². The van der Waals surface area contributed by atoms with E-state index in [4.69, 9.17) is 5.11 Å². The lowest BCUT2D eigenvalue weighted by Crippen LogP contribution is -2.36. The van der Waals surface area contributed by atoms with Crippen molar-refractivity contribution in [1.29, 1.82) is 0 Å². The van der Waals surface area contributed by atoms with Crippen molar-refractivity contribution in [2.75, 3.05) is 24.6 Å². The molecule has 0 aromatic heterocycles. The molecule has 0 aromatic rings. The number of carbonyl (C=O) groups excluding carboxylic acids is 1. The number of aliphatic carboxylic acids is 1. The SMILES string of the molecule is O=C(O)C1CCCC1C(=O)N=S1(=O)CCNCC1. The average Bonchev–Trinajstić information content (AvgIpc) is 2.78. The van der Waals surface area contributed by atoms with Crippen LogP contribution in [0.1, 0.15) is 19.3 Å². The van der Waals surface area contributed by atoms with E-state index in [1.54, 1.807) is 0 Å². The van der Waals surface area contributed by atoms with E-state index in [9.17, 15) is 13.8 Å². The van der Waals surface area contributed by atoms with E-state index in [-0.39, 0.29) is 0 Å². The second-order valence-corrected chi connectivity index (χ2v) is 7.39. The Morgan fingerprint density at radius 2 is 1.78 bits per heavy atom. The third-order valence-corrected chi connectivity index (χ3v) is 5.80. The maximum atomic E-state index is 12.3. The van der Waals surface area contributed by atoms with E-state index in [1.165, 1.54) is 0 Å². The van der Waals surface area contributed by atoms with Gasteiger partial charge in [0.1, 0.15) is 0 Å². The zero-order valence-corrected chi connectivity index (χ0v) is 10.9. The molecule has 0 aromatic carbocycles. The van der Waals surface area contributed by atoms with Gasteiger partial charge >= 0.3 is 5.97 Å². The highest BCUT2D eigenvalue weighted by molar-refractivity contribution is 7.94. The van der Waals surface area contributed by atoms with Crippen LogP contribution in [0.4, 0.5) is 0 Å². The largest absolute Gasteiger partial charge is 0.481 e. The third-order valence-electron chi connectivity index (χ3n) is 3.60. The first-order chi connectivity index (χ1) is 8.52. The van der Waals surface area contributed by atoms with Crippen LogP contribution in [0.5, 0.6) is 0 Å². The summed E-state index contributed by atoms with van der Waals surface area (Å²) >= 11 is 0. The Morgan fingerprint density at radius 3 is 2.39 bits per heavy atom. The van der Waals surface area contributed by atoms with Gasteiger partial charge < -0.3 is 10.4 Å². The first-order valence-corrected chi connectivity index (χ1v) is 8.07. The van der Waals surface area contributed by atoms with Crippen molar-refractivity contribution in [2.45, 2.75) is 19.3 Å². The fourth-order valence-electron chi connectivity index (χ4n) is 2.56. The van der Waals surface area contributed by atoms with E-state index >= 15 is 0 Å². The van der Waals surface area contributed by atoms with Crippen molar-refractivity contribution in [3.05, 3.63) is 0 Å². The summed E-state index contributed by atoms with van der Waals surface area (Å²) in [7, 11) is -2.46. The van der Waals surface area contributed by atoms with Gasteiger partial charge in [-0.05, 0) is 12.8 Å². The van der Waals surface area contributed by atoms with Crippen molar-refractivity contribution in [3.63, 3.8) is 0 Å². The van der Waals surface area contributed by atoms with Gasteiger partial charge in [-0.2, -0.15) is 4.36 Å². The standard InChI is InChI=1S/C11H18N2O4S/c14-10(8-2-1-3-9(8)11(15)16)13-18(17)6-4-12-5-7-18/h8-9,12H,1-7H2,(H,15,16). The Hall–Kier alpha value is -0.950. The maximum Gasteiger partial charge on any atom is 0.307 e. The Balaban J connectivity index is 2.14. The topological polar surface area (TPSA) is 95.8 Å². The summed E-state index contributed by atoms with van der Waals surface area (Å²) in [6.45, 7) is 1.20. The van der Waals surface area contributed by atoms with Crippen LogP contribution in [0.25, 0.3) is 0 Å². The molecule has 1 aliphatic heterocycles. The van der Waals surface area contributed by atoms with Gasteiger partial charge in [-0.3, -0.25) is 9.59 Å². The molecule has 2 atom stereocenters. The maximum absolute atomic E-state index is 12.3. The highest BCUT2D eigenvalue weighted by Crippen LogP contribution is 2.33. The lowest BCUT2D eigenvalue weighted by molar-refractivity contribution is -0.145. The summed E-state index contributed by atoms with van der Waals surface area (Å²) in [5.74, 6) is -1.87. The first kappa shape index (κ1) is 13.5. The molecule has 1 amide bonds. The van der Waals surface area contributed by atoms with E-state index in [1.807, 2.05) is 0 Å². The lowest BCUT2D eigenvalue weighted by Gasteiger charge is -2.18. The van der Waals surface area contributed by atoms with Gasteiger partial charge in [0.15, 0.2) is 0 Å². The molecule has 0 radical (unpaired) electrons. The zero-order chi connectivity index (χ0) is 13.2. The molecule has 1 aliphatic carbocycles. The summed E-state index contributed by atoms with van der Waals surface area (Å²) in [4.78, 5) is 23.0. The Morgan fingerprint density at radius 1 is 1.17 bits per heavy atom. The molecule has 0 bridgehead atoms. The van der Waals surface area contributed by atoms with Crippen molar-refractivity contribution >= 4 is 21.6 Å². The summed E-state index contributed by atoms with van der Waals surface area (Å²) < 4.78 is 16.1. The molecule has 2 fully saturated rings. The van der Waals surface area contributed by atoms with Crippen molar-refractivity contribution in [2.24, 2.45) is 16.2 Å². The number of carboxylic acids is 1. The van der Waals surface area contributed by atoms with Crippen LogP contribution in [0, 0.1) is 11.8 Å². The fourth-order valence-corrected chi connectivity index (χ4v) is 4.34. The van der Waals surface area contributed by atoms with Crippen LogP contribution in [0.3, 0.4) is 0 Å². The van der Waals surface area contributed by atoms with Gasteiger partial charge in [0.2, 0.25) is 0 Å². The van der Waals surface area contributed by atoms with Gasteiger partial charge in [-0.15, -0.1) is 0 Å². The minimum atomic E-state index is -2.46. The van der Waals surface area contributed by atoms with Crippen LogP contribution in [-0.2, 0) is 19.3 Å². The van der Waals surface area contributed by atoms with Crippen LogP contribution in [-0.4, -0.2) is 45.8 Å². The van der Waals surface area contributed by atoms with E-state index < -0.39 is 33.4 Å². The highest BCUT2D eigenvalue weighted by atomic mass is 32.2. The molecule has 1 saturated carbocycles. The minimum absolute atomic E-state index is 0.378. The Labute approximate surface area is 106 Å². The van der Waals surface area contributed by atoms with E-state index in [0.29, 0.717) is 37.4 Å². The minimum Gasteiger partial charge on any atom is -0.481 e. The number of hydrogen-bond acceptors (Lipinski definition) is 4. The molecule has 1 heterocycles. The van der Waals surface area contributed by atoms with Crippen molar-refractivity contribution in [1.82, 2.24) is 5.32 Å². The van der Waals surface area contributed by atoms with E-state index in [0.717, 1.165) is 6.42 Å². The van der Waals surface area contributed by atoms with Crippen LogP contribution in [0.15, 0.2) is 4.36 Å². The zero-order valence-electron chi connectivity index (χ0n) is 10.1. The van der Waals surface area contributed by atoms with Crippen LogP contribution >= 0.6 is 0 Å². The second-order valence-electron chi connectivity index (χ2n) is 4.84. The van der Waals surface area contributed by atoms with E-state index in [2.05, 4.69) is 9.68 Å². The average molecular weight is 274 g/mol. The molecular weight excluding hydrogens is 256 g/mol. The number of carbonyl (C=O) groups is 2. The molecule has 0 spiro atoms. The lowest BCUT2D eigenvalue weighted by atomic mass is 9.96. The fraction of sp³-hybridized carbons (Fsp3) is 0.818. The number of carboxylic acid groups (broad SMARTS) is 1. The molecule has 2 unspecified atom stereocenters. The Bertz CT molecular complexity index is 456. The van der Waals surface area contributed by atoms with Gasteiger partial charge in [-0.25, -0.2) is 4.21 Å². The molecule has 1 saturated heterocycles. The molecule has 102 valence electrons. The molecular formula is C11H18N2O4S. The molecule has 18 heavy (non-hydrogen) atoms. The quantitative estimate of drug-likeness (QED) is 0.743. The second kappa shape index (κ2) is 5.36. The summed E-state index contributed by atoms with van der Waals surface area (Å²) in [5.41, 5.74) is 0. The number of nitrogens with zero attached hydrogens (tertiary/aromatic N) is 1. The molecule has 2 rings (SSSR count).